The van der Waals surface area contributed by atoms with Gasteiger partial charge >= 0.3 is 0 Å². The van der Waals surface area contributed by atoms with Crippen molar-refractivity contribution in [3.8, 4) is 11.5 Å². The van der Waals surface area contributed by atoms with Gasteiger partial charge in [-0.3, -0.25) is 4.90 Å². The SMILES string of the molecule is c1ccc2c(c1)CCN(Cc1ccc3c(c1)OCCO3)CC2. The molecular formula is C19H21NO2. The van der Waals surface area contributed by atoms with E-state index in [0.717, 1.165) is 44.0 Å². The van der Waals surface area contributed by atoms with Crippen molar-refractivity contribution in [3.63, 3.8) is 0 Å². The van der Waals surface area contributed by atoms with Crippen LogP contribution in [0.2, 0.25) is 0 Å². The Bertz CT molecular complexity index is 641. The summed E-state index contributed by atoms with van der Waals surface area (Å²) in [6.07, 6.45) is 2.28. The number of benzene rings is 2. The van der Waals surface area contributed by atoms with Gasteiger partial charge in [0.1, 0.15) is 13.2 Å². The van der Waals surface area contributed by atoms with Crippen LogP contribution in [0.4, 0.5) is 0 Å². The maximum absolute atomic E-state index is 5.69. The Balaban J connectivity index is 1.46. The number of rotatable bonds is 2. The molecule has 3 nitrogen and oxygen atoms in total. The summed E-state index contributed by atoms with van der Waals surface area (Å²) in [5, 5.41) is 0. The number of nitrogens with zero attached hydrogens (tertiary/aromatic N) is 1. The van der Waals surface area contributed by atoms with Crippen LogP contribution in [0.3, 0.4) is 0 Å². The number of hydrogen-bond donors (Lipinski definition) is 0. The first-order chi connectivity index (χ1) is 10.9. The second kappa shape index (κ2) is 6.01. The minimum Gasteiger partial charge on any atom is -0.486 e. The molecule has 2 aliphatic heterocycles. The molecule has 0 aliphatic carbocycles. The van der Waals surface area contributed by atoms with Crippen molar-refractivity contribution in [1.29, 1.82) is 0 Å². The normalized spacial score (nSPS) is 17.6. The highest BCUT2D eigenvalue weighted by Gasteiger charge is 2.16. The highest BCUT2D eigenvalue weighted by atomic mass is 16.6. The molecular weight excluding hydrogens is 274 g/mol. The van der Waals surface area contributed by atoms with Crippen LogP contribution >= 0.6 is 0 Å². The topological polar surface area (TPSA) is 21.7 Å². The summed E-state index contributed by atoms with van der Waals surface area (Å²) in [5.41, 5.74) is 4.31. The van der Waals surface area contributed by atoms with E-state index >= 15 is 0 Å². The Morgan fingerprint density at radius 3 is 2.23 bits per heavy atom. The Labute approximate surface area is 131 Å². The molecule has 0 atom stereocenters. The van der Waals surface area contributed by atoms with Crippen LogP contribution in [0.15, 0.2) is 42.5 Å². The molecule has 0 fully saturated rings. The molecule has 2 aliphatic rings. The quantitative estimate of drug-likeness (QED) is 0.850. The monoisotopic (exact) mass is 295 g/mol. The third kappa shape index (κ3) is 2.81. The molecule has 0 radical (unpaired) electrons. The van der Waals surface area contributed by atoms with E-state index < -0.39 is 0 Å². The van der Waals surface area contributed by atoms with E-state index in [1.807, 2.05) is 6.07 Å². The molecule has 0 saturated heterocycles. The van der Waals surface area contributed by atoms with Crippen LogP contribution in [-0.2, 0) is 19.4 Å². The summed E-state index contributed by atoms with van der Waals surface area (Å²) < 4.78 is 11.3. The highest BCUT2D eigenvalue weighted by Crippen LogP contribution is 2.31. The summed E-state index contributed by atoms with van der Waals surface area (Å²) in [6, 6.07) is 15.2. The molecule has 0 amide bonds. The maximum Gasteiger partial charge on any atom is 0.161 e. The van der Waals surface area contributed by atoms with E-state index in [1.165, 1.54) is 16.7 Å². The van der Waals surface area contributed by atoms with E-state index in [-0.39, 0.29) is 0 Å². The summed E-state index contributed by atoms with van der Waals surface area (Å²) in [7, 11) is 0. The minimum absolute atomic E-state index is 0.648. The lowest BCUT2D eigenvalue weighted by Crippen LogP contribution is -2.26. The first-order valence-corrected chi connectivity index (χ1v) is 8.06. The first kappa shape index (κ1) is 13.6. The molecule has 22 heavy (non-hydrogen) atoms. The Morgan fingerprint density at radius 2 is 1.50 bits per heavy atom. The third-order valence-corrected chi connectivity index (χ3v) is 4.53. The van der Waals surface area contributed by atoms with E-state index in [0.29, 0.717) is 13.2 Å². The molecule has 2 aromatic rings. The van der Waals surface area contributed by atoms with Gasteiger partial charge in [0, 0.05) is 19.6 Å². The van der Waals surface area contributed by atoms with Gasteiger partial charge in [-0.05, 0) is 41.7 Å². The van der Waals surface area contributed by atoms with Gasteiger partial charge in [0.15, 0.2) is 11.5 Å². The Morgan fingerprint density at radius 1 is 0.818 bits per heavy atom. The molecule has 4 rings (SSSR count). The van der Waals surface area contributed by atoms with Crippen molar-refractivity contribution in [3.05, 3.63) is 59.2 Å². The molecule has 0 saturated carbocycles. The molecule has 0 unspecified atom stereocenters. The van der Waals surface area contributed by atoms with E-state index in [2.05, 4.69) is 41.3 Å². The second-order valence-electron chi connectivity index (χ2n) is 6.02. The summed E-state index contributed by atoms with van der Waals surface area (Å²) in [4.78, 5) is 2.53. The van der Waals surface area contributed by atoms with Crippen LogP contribution in [0.25, 0.3) is 0 Å². The third-order valence-electron chi connectivity index (χ3n) is 4.53. The van der Waals surface area contributed by atoms with E-state index in [4.69, 9.17) is 9.47 Å². The smallest absolute Gasteiger partial charge is 0.161 e. The highest BCUT2D eigenvalue weighted by molar-refractivity contribution is 5.43. The van der Waals surface area contributed by atoms with Gasteiger partial charge < -0.3 is 9.47 Å². The van der Waals surface area contributed by atoms with Crippen molar-refractivity contribution in [1.82, 2.24) is 4.90 Å². The maximum atomic E-state index is 5.69. The molecule has 0 spiro atoms. The fraction of sp³-hybridized carbons (Fsp3) is 0.368. The fourth-order valence-corrected chi connectivity index (χ4v) is 3.32. The van der Waals surface area contributed by atoms with Gasteiger partial charge in [0.2, 0.25) is 0 Å². The Hall–Kier alpha value is -2.00. The van der Waals surface area contributed by atoms with Crippen LogP contribution in [0.1, 0.15) is 16.7 Å². The molecule has 2 aromatic carbocycles. The number of hydrogen-bond acceptors (Lipinski definition) is 3. The molecule has 0 aromatic heterocycles. The second-order valence-corrected chi connectivity index (χ2v) is 6.02. The standard InChI is InChI=1S/C19H21NO2/c1-2-4-17-8-10-20(9-7-16(17)3-1)14-15-5-6-18-19(13-15)22-12-11-21-18/h1-6,13H,7-12,14H2. The zero-order valence-corrected chi connectivity index (χ0v) is 12.8. The number of fused-ring (bicyclic) bond motifs is 2. The zero-order chi connectivity index (χ0) is 14.8. The lowest BCUT2D eigenvalue weighted by atomic mass is 10.0. The predicted octanol–water partition coefficient (Wildman–Crippen LogP) is 3.06. The van der Waals surface area contributed by atoms with Gasteiger partial charge in [0.05, 0.1) is 0 Å². The molecule has 2 heterocycles. The summed E-state index contributed by atoms with van der Waals surface area (Å²) >= 11 is 0. The van der Waals surface area contributed by atoms with E-state index in [1.54, 1.807) is 0 Å². The van der Waals surface area contributed by atoms with Crippen molar-refractivity contribution in [2.45, 2.75) is 19.4 Å². The predicted molar refractivity (Wildman–Crippen MR) is 86.6 cm³/mol. The van der Waals surface area contributed by atoms with Crippen LogP contribution in [0.5, 0.6) is 11.5 Å². The fourth-order valence-electron chi connectivity index (χ4n) is 3.32. The first-order valence-electron chi connectivity index (χ1n) is 8.06. The zero-order valence-electron chi connectivity index (χ0n) is 12.8. The molecule has 0 bridgehead atoms. The van der Waals surface area contributed by atoms with Crippen LogP contribution < -0.4 is 9.47 Å². The van der Waals surface area contributed by atoms with E-state index in [9.17, 15) is 0 Å². The summed E-state index contributed by atoms with van der Waals surface area (Å²) in [6.45, 7) is 4.51. The summed E-state index contributed by atoms with van der Waals surface area (Å²) in [5.74, 6) is 1.76. The molecule has 0 N–H and O–H groups in total. The van der Waals surface area contributed by atoms with Crippen molar-refractivity contribution < 1.29 is 9.47 Å². The van der Waals surface area contributed by atoms with Gasteiger partial charge in [-0.15, -0.1) is 0 Å². The van der Waals surface area contributed by atoms with Gasteiger partial charge in [-0.1, -0.05) is 30.3 Å². The largest absolute Gasteiger partial charge is 0.486 e. The van der Waals surface area contributed by atoms with Crippen LogP contribution in [0, 0.1) is 0 Å². The van der Waals surface area contributed by atoms with Crippen LogP contribution in [-0.4, -0.2) is 31.2 Å². The Kier molecular flexibility index (Phi) is 3.73. The lowest BCUT2D eigenvalue weighted by Gasteiger charge is -2.22. The average Bonchev–Trinajstić information content (AvgIpc) is 2.78. The van der Waals surface area contributed by atoms with Crippen molar-refractivity contribution in [2.24, 2.45) is 0 Å². The van der Waals surface area contributed by atoms with Gasteiger partial charge in [-0.25, -0.2) is 0 Å². The van der Waals surface area contributed by atoms with Gasteiger partial charge in [0.25, 0.3) is 0 Å². The number of ether oxygens (including phenoxy) is 2. The molecule has 3 heteroatoms. The molecule has 114 valence electrons. The minimum atomic E-state index is 0.648. The van der Waals surface area contributed by atoms with Crippen molar-refractivity contribution in [2.75, 3.05) is 26.3 Å². The average molecular weight is 295 g/mol. The van der Waals surface area contributed by atoms with Crippen molar-refractivity contribution >= 4 is 0 Å². The lowest BCUT2D eigenvalue weighted by molar-refractivity contribution is 0.171. The van der Waals surface area contributed by atoms with Gasteiger partial charge in [-0.2, -0.15) is 0 Å².